The molecule has 1 N–H and O–H groups in total. The van der Waals surface area contributed by atoms with Gasteiger partial charge in [0, 0.05) is 18.7 Å². The summed E-state index contributed by atoms with van der Waals surface area (Å²) >= 11 is 0. The van der Waals surface area contributed by atoms with Crippen LogP contribution in [-0.4, -0.2) is 56.3 Å². The number of nitrogens with zero attached hydrogens (tertiary/aromatic N) is 6. The van der Waals surface area contributed by atoms with E-state index < -0.39 is 0 Å². The lowest BCUT2D eigenvalue weighted by Gasteiger charge is -2.28. The van der Waals surface area contributed by atoms with Crippen molar-refractivity contribution >= 4 is 23.0 Å². The van der Waals surface area contributed by atoms with Crippen LogP contribution in [0.25, 0.3) is 33.5 Å². The molecule has 1 aliphatic heterocycles. The lowest BCUT2D eigenvalue weighted by molar-refractivity contribution is 0.0602. The highest BCUT2D eigenvalue weighted by Crippen LogP contribution is 2.32. The molecular formula is C28H27N7O2. The van der Waals surface area contributed by atoms with E-state index in [4.69, 9.17) is 9.72 Å². The van der Waals surface area contributed by atoms with E-state index in [1.165, 1.54) is 13.5 Å². The van der Waals surface area contributed by atoms with E-state index in [-0.39, 0.29) is 5.97 Å². The maximum atomic E-state index is 12.7. The zero-order valence-corrected chi connectivity index (χ0v) is 20.6. The van der Waals surface area contributed by atoms with Gasteiger partial charge in [-0.2, -0.15) is 0 Å². The SMILES string of the molecule is COC(=O)c1cccc2nc(N3CCCCC3)n(Cc3ccc(-c4ccccc4-c4nnn[nH]4)cc3)c12. The summed E-state index contributed by atoms with van der Waals surface area (Å²) < 4.78 is 7.26. The van der Waals surface area contributed by atoms with E-state index in [0.717, 1.165) is 65.2 Å². The summed E-state index contributed by atoms with van der Waals surface area (Å²) in [5.41, 5.74) is 6.30. The van der Waals surface area contributed by atoms with Crippen molar-refractivity contribution < 1.29 is 9.53 Å². The van der Waals surface area contributed by atoms with E-state index in [2.05, 4.69) is 60.4 Å². The molecule has 1 aliphatic rings. The van der Waals surface area contributed by atoms with Gasteiger partial charge in [0.15, 0.2) is 5.82 Å². The molecular weight excluding hydrogens is 466 g/mol. The maximum absolute atomic E-state index is 12.7. The van der Waals surface area contributed by atoms with Crippen LogP contribution < -0.4 is 4.90 Å². The number of esters is 1. The van der Waals surface area contributed by atoms with Gasteiger partial charge >= 0.3 is 5.97 Å². The van der Waals surface area contributed by atoms with Crippen molar-refractivity contribution in [1.82, 2.24) is 30.2 Å². The third-order valence-corrected chi connectivity index (χ3v) is 6.92. The van der Waals surface area contributed by atoms with Crippen molar-refractivity contribution in [2.75, 3.05) is 25.1 Å². The number of tetrazole rings is 1. The summed E-state index contributed by atoms with van der Waals surface area (Å²) in [6.45, 7) is 2.51. The summed E-state index contributed by atoms with van der Waals surface area (Å²) in [4.78, 5) is 20.0. The van der Waals surface area contributed by atoms with Crippen molar-refractivity contribution in [3.05, 3.63) is 77.9 Å². The molecule has 2 aromatic heterocycles. The Labute approximate surface area is 214 Å². The molecule has 1 saturated heterocycles. The van der Waals surface area contributed by atoms with Gasteiger partial charge in [-0.15, -0.1) is 5.10 Å². The number of ether oxygens (including phenoxy) is 1. The molecule has 0 saturated carbocycles. The summed E-state index contributed by atoms with van der Waals surface area (Å²) in [6.07, 6.45) is 3.51. The number of imidazole rings is 1. The van der Waals surface area contributed by atoms with Gasteiger partial charge in [0.25, 0.3) is 0 Å². The monoisotopic (exact) mass is 493 g/mol. The molecule has 9 heteroatoms. The molecule has 0 radical (unpaired) electrons. The molecule has 0 bridgehead atoms. The minimum Gasteiger partial charge on any atom is -0.465 e. The third kappa shape index (κ3) is 4.33. The van der Waals surface area contributed by atoms with E-state index in [1.807, 2.05) is 36.4 Å². The fourth-order valence-corrected chi connectivity index (χ4v) is 5.12. The lowest BCUT2D eigenvalue weighted by Crippen LogP contribution is -2.32. The van der Waals surface area contributed by atoms with E-state index in [0.29, 0.717) is 17.9 Å². The Hall–Kier alpha value is -4.53. The molecule has 0 unspecified atom stereocenters. The highest BCUT2D eigenvalue weighted by molar-refractivity contribution is 6.03. The molecule has 6 rings (SSSR count). The predicted molar refractivity (Wildman–Crippen MR) is 141 cm³/mol. The zero-order valence-electron chi connectivity index (χ0n) is 20.6. The lowest BCUT2D eigenvalue weighted by atomic mass is 9.98. The number of nitrogens with one attached hydrogen (secondary N) is 1. The van der Waals surface area contributed by atoms with Crippen LogP contribution in [0, 0.1) is 0 Å². The second kappa shape index (κ2) is 9.85. The minimum absolute atomic E-state index is 0.356. The quantitative estimate of drug-likeness (QED) is 0.342. The minimum atomic E-state index is -0.356. The van der Waals surface area contributed by atoms with Gasteiger partial charge in [-0.25, -0.2) is 14.9 Å². The number of anilines is 1. The van der Waals surface area contributed by atoms with Crippen LogP contribution in [0.4, 0.5) is 5.95 Å². The van der Waals surface area contributed by atoms with Crippen LogP contribution >= 0.6 is 0 Å². The second-order valence-corrected chi connectivity index (χ2v) is 9.20. The number of aromatic amines is 1. The van der Waals surface area contributed by atoms with E-state index >= 15 is 0 Å². The number of carbonyl (C=O) groups is 1. The fourth-order valence-electron chi connectivity index (χ4n) is 5.12. The molecule has 3 heterocycles. The van der Waals surface area contributed by atoms with Crippen LogP contribution in [0.2, 0.25) is 0 Å². The summed E-state index contributed by atoms with van der Waals surface area (Å²) in [5.74, 6) is 1.18. The standard InChI is InChI=1S/C28H27N7O2/c1-37-27(36)23-10-7-11-24-25(23)35(28(29-24)34-16-5-2-6-17-34)18-19-12-14-20(15-13-19)21-8-3-4-9-22(21)26-30-32-33-31-26/h3-4,7-15H,2,5-6,16-18H2,1H3,(H,30,31,32,33). The molecule has 1 fully saturated rings. The number of benzene rings is 3. The van der Waals surface area contributed by atoms with Crippen molar-refractivity contribution in [2.24, 2.45) is 0 Å². The fraction of sp³-hybridized carbons (Fsp3) is 0.250. The summed E-state index contributed by atoms with van der Waals surface area (Å²) in [5, 5.41) is 14.4. The van der Waals surface area contributed by atoms with Crippen molar-refractivity contribution in [3.8, 4) is 22.5 Å². The Kier molecular flexibility index (Phi) is 6.10. The van der Waals surface area contributed by atoms with Gasteiger partial charge < -0.3 is 14.2 Å². The van der Waals surface area contributed by atoms with Crippen LogP contribution in [0.5, 0.6) is 0 Å². The Morgan fingerprint density at radius 2 is 1.73 bits per heavy atom. The van der Waals surface area contributed by atoms with Crippen LogP contribution in [0.3, 0.4) is 0 Å². The highest BCUT2D eigenvalue weighted by Gasteiger charge is 2.23. The number of aromatic nitrogens is 6. The number of hydrogen-bond acceptors (Lipinski definition) is 7. The normalized spacial score (nSPS) is 13.7. The van der Waals surface area contributed by atoms with Crippen molar-refractivity contribution in [3.63, 3.8) is 0 Å². The van der Waals surface area contributed by atoms with Gasteiger partial charge in [-0.1, -0.05) is 54.6 Å². The Morgan fingerprint density at radius 3 is 2.46 bits per heavy atom. The summed E-state index contributed by atoms with van der Waals surface area (Å²) in [6, 6.07) is 22.1. The van der Waals surface area contributed by atoms with Gasteiger partial charge in [0.05, 0.1) is 30.3 Å². The van der Waals surface area contributed by atoms with Crippen molar-refractivity contribution in [2.45, 2.75) is 25.8 Å². The third-order valence-electron chi connectivity index (χ3n) is 6.92. The van der Waals surface area contributed by atoms with E-state index in [1.54, 1.807) is 0 Å². The number of carbonyl (C=O) groups excluding carboxylic acids is 1. The first kappa shape index (κ1) is 22.9. The van der Waals surface area contributed by atoms with Crippen LogP contribution in [0.15, 0.2) is 66.7 Å². The number of para-hydroxylation sites is 1. The number of H-pyrrole nitrogens is 1. The molecule has 0 atom stereocenters. The molecule has 186 valence electrons. The zero-order chi connectivity index (χ0) is 25.2. The molecule has 37 heavy (non-hydrogen) atoms. The van der Waals surface area contributed by atoms with Gasteiger partial charge in [0.2, 0.25) is 5.95 Å². The number of hydrogen-bond donors (Lipinski definition) is 1. The predicted octanol–water partition coefficient (Wildman–Crippen LogP) is 4.71. The topological polar surface area (TPSA) is 102 Å². The first-order valence-corrected chi connectivity index (χ1v) is 12.5. The number of fused-ring (bicyclic) bond motifs is 1. The van der Waals surface area contributed by atoms with Gasteiger partial charge in [0.1, 0.15) is 0 Å². The Bertz CT molecular complexity index is 1540. The molecule has 9 nitrogen and oxygen atoms in total. The molecule has 3 aromatic carbocycles. The highest BCUT2D eigenvalue weighted by atomic mass is 16.5. The second-order valence-electron chi connectivity index (χ2n) is 9.20. The molecule has 0 amide bonds. The van der Waals surface area contributed by atoms with Gasteiger partial charge in [-0.05, 0) is 58.5 Å². The van der Waals surface area contributed by atoms with E-state index in [9.17, 15) is 4.79 Å². The largest absolute Gasteiger partial charge is 0.465 e. The first-order valence-electron chi connectivity index (χ1n) is 12.5. The number of rotatable bonds is 6. The smallest absolute Gasteiger partial charge is 0.340 e. The average molecular weight is 494 g/mol. The summed E-state index contributed by atoms with van der Waals surface area (Å²) in [7, 11) is 1.42. The first-order chi connectivity index (χ1) is 18.2. The molecule has 0 spiro atoms. The van der Waals surface area contributed by atoms with Crippen molar-refractivity contribution in [1.29, 1.82) is 0 Å². The molecule has 0 aliphatic carbocycles. The molecule has 5 aromatic rings. The maximum Gasteiger partial charge on any atom is 0.340 e. The van der Waals surface area contributed by atoms with Crippen LogP contribution in [0.1, 0.15) is 35.2 Å². The van der Waals surface area contributed by atoms with Crippen LogP contribution in [-0.2, 0) is 11.3 Å². The average Bonchev–Trinajstić information content (AvgIpc) is 3.62. The number of piperidine rings is 1. The Balaban J connectivity index is 1.39. The van der Waals surface area contributed by atoms with Gasteiger partial charge in [-0.3, -0.25) is 0 Å². The number of methoxy groups -OCH3 is 1. The Morgan fingerprint density at radius 1 is 0.946 bits per heavy atom.